The number of likely N-dealkylation sites (N-methyl/N-ethyl adjacent to an activating group) is 1. The van der Waals surface area contributed by atoms with Crippen LogP contribution in [0.1, 0.15) is 89.6 Å². The Bertz CT molecular complexity index is 2500. The Hall–Kier alpha value is -5.23. The van der Waals surface area contributed by atoms with E-state index in [1.807, 2.05) is 32.2 Å². The maximum atomic E-state index is 14.8. The molecule has 1 aromatic carbocycles. The number of urea groups is 1. The number of aldehydes is 1. The van der Waals surface area contributed by atoms with Crippen molar-refractivity contribution >= 4 is 52.3 Å². The molecule has 0 saturated carbocycles. The second-order valence-electron chi connectivity index (χ2n) is 19.9. The Morgan fingerprint density at radius 3 is 2.64 bits per heavy atom. The molecular formula is C49H65N9O7S. The quantitative estimate of drug-likeness (QED) is 0.181. The summed E-state index contributed by atoms with van der Waals surface area (Å²) in [5, 5.41) is 11.1. The van der Waals surface area contributed by atoms with E-state index in [4.69, 9.17) is 19.4 Å². The van der Waals surface area contributed by atoms with E-state index in [1.165, 1.54) is 21.2 Å². The van der Waals surface area contributed by atoms with Crippen LogP contribution >= 0.6 is 11.3 Å². The second-order valence-corrected chi connectivity index (χ2v) is 20.8. The second kappa shape index (κ2) is 18.8. The first-order chi connectivity index (χ1) is 31.5. The normalized spacial score (nSPS) is 24.3. The molecule has 0 radical (unpaired) electrons. The number of nitrogens with one attached hydrogen (secondary N) is 3. The number of hydrogen-bond donors (Lipinski definition) is 3. The van der Waals surface area contributed by atoms with Crippen molar-refractivity contribution in [3.05, 3.63) is 58.2 Å². The summed E-state index contributed by atoms with van der Waals surface area (Å²) in [5.74, 6) is -1.26. The molecule has 6 bridgehead atoms. The lowest BCUT2D eigenvalue weighted by Crippen LogP contribution is -2.66. The third-order valence-corrected chi connectivity index (χ3v) is 15.0. The summed E-state index contributed by atoms with van der Waals surface area (Å²) in [6.07, 6.45) is 5.33. The minimum Gasteiger partial charge on any atom is -0.378 e. The summed E-state index contributed by atoms with van der Waals surface area (Å²) in [7, 11) is 3.30. The van der Waals surface area contributed by atoms with Crippen LogP contribution in [0.2, 0.25) is 0 Å². The zero-order chi connectivity index (χ0) is 47.1. The Morgan fingerprint density at radius 2 is 1.92 bits per heavy atom. The molecular weight excluding hydrogens is 859 g/mol. The number of hydrogen-bond acceptors (Lipinski definition) is 11. The fraction of sp³-hybridized carbons (Fsp3) is 0.571. The Kier molecular flexibility index (Phi) is 13.5. The largest absolute Gasteiger partial charge is 0.378 e. The molecule has 7 heterocycles. The SMILES string of the molecule is CCn1c(-c2cccnc2[C@H](C)OC)c2c3cc(ccc31)-c1csc(n1)C[C@H](NC(=O)[C@H](C(C)C)N(C)C(=O)N1CC[C@]3(CCNC3=O)C1)C(=O)N1CCC[C@](C=O)(COCC(C)(C)C2)N1. The molecule has 3 saturated heterocycles. The summed E-state index contributed by atoms with van der Waals surface area (Å²) in [6.45, 7) is 14.9. The summed E-state index contributed by atoms with van der Waals surface area (Å²) < 4.78 is 14.7. The van der Waals surface area contributed by atoms with E-state index in [1.54, 1.807) is 25.3 Å². The van der Waals surface area contributed by atoms with Gasteiger partial charge in [0, 0.05) is 86.9 Å². The van der Waals surface area contributed by atoms with Gasteiger partial charge in [0.05, 0.1) is 46.8 Å². The molecule has 4 aliphatic heterocycles. The minimum absolute atomic E-state index is 0.0313. The molecule has 17 heteroatoms. The molecule has 0 unspecified atom stereocenters. The highest BCUT2D eigenvalue weighted by atomic mass is 32.1. The maximum absolute atomic E-state index is 14.8. The Morgan fingerprint density at radius 1 is 1.12 bits per heavy atom. The Balaban J connectivity index is 1.16. The lowest BCUT2D eigenvalue weighted by Gasteiger charge is -2.42. The van der Waals surface area contributed by atoms with Gasteiger partial charge in [0.25, 0.3) is 5.91 Å². The lowest BCUT2D eigenvalue weighted by molar-refractivity contribution is -0.147. The van der Waals surface area contributed by atoms with Crippen molar-refractivity contribution in [2.24, 2.45) is 16.7 Å². The molecule has 3 fully saturated rings. The Labute approximate surface area is 391 Å². The highest BCUT2D eigenvalue weighted by Gasteiger charge is 2.50. The molecule has 1 spiro atoms. The number of amides is 5. The highest BCUT2D eigenvalue weighted by molar-refractivity contribution is 7.10. The zero-order valence-corrected chi connectivity index (χ0v) is 40.4. The van der Waals surface area contributed by atoms with Gasteiger partial charge in [0.15, 0.2) is 0 Å². The summed E-state index contributed by atoms with van der Waals surface area (Å²) in [4.78, 5) is 82.2. The molecule has 16 nitrogen and oxygen atoms in total. The van der Waals surface area contributed by atoms with Gasteiger partial charge < -0.3 is 39.3 Å². The van der Waals surface area contributed by atoms with Crippen molar-refractivity contribution in [2.75, 3.05) is 53.6 Å². The van der Waals surface area contributed by atoms with Crippen molar-refractivity contribution < 1.29 is 33.4 Å². The van der Waals surface area contributed by atoms with Crippen molar-refractivity contribution in [2.45, 2.75) is 110 Å². The van der Waals surface area contributed by atoms with Crippen molar-refractivity contribution in [1.29, 1.82) is 0 Å². The van der Waals surface area contributed by atoms with Gasteiger partial charge in [-0.3, -0.25) is 24.4 Å². The number of pyridine rings is 1. The molecule has 3 N–H and O–H groups in total. The van der Waals surface area contributed by atoms with Crippen LogP contribution in [-0.4, -0.2) is 131 Å². The number of carbonyl (C=O) groups excluding carboxylic acids is 5. The molecule has 8 rings (SSSR count). The number of carbonyl (C=O) groups is 5. The van der Waals surface area contributed by atoms with E-state index < -0.39 is 40.3 Å². The lowest BCUT2D eigenvalue weighted by atomic mass is 9.84. The number of fused-ring (bicyclic) bond motifs is 6. The molecule has 354 valence electrons. The number of methoxy groups -OCH3 is 1. The summed E-state index contributed by atoms with van der Waals surface area (Å²) in [6, 6.07) is 8.13. The van der Waals surface area contributed by atoms with Crippen LogP contribution in [0.25, 0.3) is 33.4 Å². The fourth-order valence-corrected chi connectivity index (χ4v) is 11.4. The van der Waals surface area contributed by atoms with Crippen molar-refractivity contribution in [3.8, 4) is 22.5 Å². The third-order valence-electron chi connectivity index (χ3n) is 14.1. The standard InChI is InChI=1S/C49H65N9O7S/c1-9-57-38-14-13-32-22-34(38)35(42(57)33-12-10-18-50-40(33)31(4)64-8)24-47(5,6)28-65-29-49(27-59)15-11-20-58(54-49)44(61)36(23-39-52-37(32)25-66-39)53-43(60)41(30(2)3)55(7)46(63)56-21-17-48(26-56)16-19-51-45(48)62/h10,12-14,18,22,25,27,30-31,36,41,54H,9,11,15-17,19-21,23-24,26,28-29H2,1-8H3,(H,51,62)(H,53,60)/t31-,36-,41-,48+,49-/m0/s1. The number of aromatic nitrogens is 3. The van der Waals surface area contributed by atoms with E-state index >= 15 is 0 Å². The van der Waals surface area contributed by atoms with E-state index in [9.17, 15) is 24.0 Å². The molecule has 5 atom stereocenters. The first kappa shape index (κ1) is 47.3. The van der Waals surface area contributed by atoms with Crippen LogP contribution in [0.5, 0.6) is 0 Å². The van der Waals surface area contributed by atoms with Gasteiger partial charge in [-0.15, -0.1) is 11.3 Å². The van der Waals surface area contributed by atoms with Crippen molar-refractivity contribution in [3.63, 3.8) is 0 Å². The smallest absolute Gasteiger partial charge is 0.320 e. The van der Waals surface area contributed by atoms with Crippen LogP contribution < -0.4 is 16.1 Å². The van der Waals surface area contributed by atoms with E-state index in [-0.39, 0.29) is 37.0 Å². The molecule has 3 aromatic heterocycles. The molecule has 4 aliphatic rings. The molecule has 4 aromatic rings. The van der Waals surface area contributed by atoms with Gasteiger partial charge in [-0.2, -0.15) is 0 Å². The predicted molar refractivity (Wildman–Crippen MR) is 252 cm³/mol. The molecule has 0 aliphatic carbocycles. The number of aryl methyl sites for hydroxylation is 1. The third kappa shape index (κ3) is 8.98. The maximum Gasteiger partial charge on any atom is 0.320 e. The van der Waals surface area contributed by atoms with Crippen LogP contribution in [0.15, 0.2) is 41.9 Å². The predicted octanol–water partition coefficient (Wildman–Crippen LogP) is 5.53. The monoisotopic (exact) mass is 923 g/mol. The van der Waals surface area contributed by atoms with E-state index in [0.717, 1.165) is 51.0 Å². The number of benzene rings is 1. The van der Waals surface area contributed by atoms with Crippen LogP contribution in [-0.2, 0) is 48.0 Å². The number of hydrazine groups is 1. The number of ether oxygens (including phenoxy) is 2. The van der Waals surface area contributed by atoms with Crippen LogP contribution in [0.3, 0.4) is 0 Å². The first-order valence-corrected chi connectivity index (χ1v) is 24.2. The average molecular weight is 924 g/mol. The van der Waals surface area contributed by atoms with E-state index in [2.05, 4.69) is 65.7 Å². The minimum atomic E-state index is -1.19. The van der Waals surface area contributed by atoms with Gasteiger partial charge in [-0.1, -0.05) is 33.8 Å². The number of thiazole rings is 1. The van der Waals surface area contributed by atoms with Gasteiger partial charge >= 0.3 is 6.03 Å². The summed E-state index contributed by atoms with van der Waals surface area (Å²) in [5.41, 5.74) is 7.84. The summed E-state index contributed by atoms with van der Waals surface area (Å²) >= 11 is 1.41. The van der Waals surface area contributed by atoms with Crippen LogP contribution in [0, 0.1) is 16.7 Å². The van der Waals surface area contributed by atoms with Gasteiger partial charge in [0.2, 0.25) is 11.8 Å². The van der Waals surface area contributed by atoms with Crippen LogP contribution in [0.4, 0.5) is 4.79 Å². The number of likely N-dealkylation sites (tertiary alicyclic amines) is 1. The number of nitrogens with zero attached hydrogens (tertiary/aromatic N) is 6. The van der Waals surface area contributed by atoms with Gasteiger partial charge in [0.1, 0.15) is 23.9 Å². The zero-order valence-electron chi connectivity index (χ0n) is 39.6. The van der Waals surface area contributed by atoms with Gasteiger partial charge in [-0.05, 0) is 87.1 Å². The van der Waals surface area contributed by atoms with Gasteiger partial charge in [-0.25, -0.2) is 15.2 Å². The number of rotatable bonds is 9. The molecule has 66 heavy (non-hydrogen) atoms. The topological polar surface area (TPSA) is 180 Å². The first-order valence-electron chi connectivity index (χ1n) is 23.3. The highest BCUT2D eigenvalue weighted by Crippen LogP contribution is 2.42. The van der Waals surface area contributed by atoms with E-state index in [0.29, 0.717) is 76.4 Å². The van der Waals surface area contributed by atoms with Crippen molar-refractivity contribution in [1.82, 2.24) is 45.4 Å². The average Bonchev–Trinajstić information content (AvgIpc) is 4.11. The fourth-order valence-electron chi connectivity index (χ4n) is 10.6. The molecule has 5 amide bonds.